The summed E-state index contributed by atoms with van der Waals surface area (Å²) < 4.78 is 5.83. The number of aryl methyl sites for hydroxylation is 1. The lowest BCUT2D eigenvalue weighted by molar-refractivity contribution is 0.471. The number of furan rings is 1. The van der Waals surface area contributed by atoms with E-state index < -0.39 is 0 Å². The topological polar surface area (TPSA) is 45.4 Å². The van der Waals surface area contributed by atoms with Gasteiger partial charge < -0.3 is 14.8 Å². The standard InChI is InChI=1S/C17H17NO2/c1-11-7-8-14(10-15(11)19)18-12(2)17-9-13-5-3-4-6-16(13)20-17/h3-10,12,18-19H,1-2H3. The zero-order valence-electron chi connectivity index (χ0n) is 11.6. The molecule has 0 saturated heterocycles. The molecule has 0 radical (unpaired) electrons. The van der Waals surface area contributed by atoms with Gasteiger partial charge in [0.1, 0.15) is 17.1 Å². The molecule has 0 aliphatic carbocycles. The lowest BCUT2D eigenvalue weighted by Gasteiger charge is -2.13. The molecule has 0 saturated carbocycles. The fourth-order valence-electron chi connectivity index (χ4n) is 2.24. The van der Waals surface area contributed by atoms with Crippen LogP contribution >= 0.6 is 0 Å². The number of aromatic hydroxyl groups is 1. The van der Waals surface area contributed by atoms with E-state index in [2.05, 4.69) is 5.32 Å². The second kappa shape index (κ2) is 4.93. The van der Waals surface area contributed by atoms with Crippen LogP contribution in [-0.4, -0.2) is 5.11 Å². The van der Waals surface area contributed by atoms with Crippen molar-refractivity contribution < 1.29 is 9.52 Å². The average molecular weight is 267 g/mol. The molecule has 2 N–H and O–H groups in total. The molecule has 1 aromatic heterocycles. The van der Waals surface area contributed by atoms with Crippen molar-refractivity contribution in [3.63, 3.8) is 0 Å². The summed E-state index contributed by atoms with van der Waals surface area (Å²) in [5.41, 5.74) is 2.64. The predicted molar refractivity (Wildman–Crippen MR) is 81.1 cm³/mol. The number of rotatable bonds is 3. The molecular weight excluding hydrogens is 250 g/mol. The summed E-state index contributed by atoms with van der Waals surface area (Å²) in [5.74, 6) is 1.18. The van der Waals surface area contributed by atoms with Crippen LogP contribution in [0.3, 0.4) is 0 Å². The van der Waals surface area contributed by atoms with Gasteiger partial charge in [0.05, 0.1) is 6.04 Å². The van der Waals surface area contributed by atoms with Crippen LogP contribution in [0.25, 0.3) is 11.0 Å². The van der Waals surface area contributed by atoms with E-state index in [0.717, 1.165) is 28.0 Å². The minimum Gasteiger partial charge on any atom is -0.508 e. The highest BCUT2D eigenvalue weighted by atomic mass is 16.3. The molecule has 3 aromatic rings. The summed E-state index contributed by atoms with van der Waals surface area (Å²) >= 11 is 0. The van der Waals surface area contributed by atoms with E-state index in [-0.39, 0.29) is 6.04 Å². The molecule has 3 heteroatoms. The molecule has 0 bridgehead atoms. The Kier molecular flexibility index (Phi) is 3.11. The largest absolute Gasteiger partial charge is 0.508 e. The average Bonchev–Trinajstić information content (AvgIpc) is 2.87. The van der Waals surface area contributed by atoms with Gasteiger partial charge in [0, 0.05) is 17.1 Å². The Hall–Kier alpha value is -2.42. The van der Waals surface area contributed by atoms with Crippen LogP contribution < -0.4 is 5.32 Å². The second-order valence-electron chi connectivity index (χ2n) is 5.05. The van der Waals surface area contributed by atoms with Crippen LogP contribution in [0.1, 0.15) is 24.3 Å². The summed E-state index contributed by atoms with van der Waals surface area (Å²) in [4.78, 5) is 0. The first-order valence-electron chi connectivity index (χ1n) is 6.68. The number of phenols is 1. The Morgan fingerprint density at radius 2 is 1.90 bits per heavy atom. The highest BCUT2D eigenvalue weighted by Gasteiger charge is 2.11. The van der Waals surface area contributed by atoms with Crippen LogP contribution in [0, 0.1) is 6.92 Å². The number of hydrogen-bond donors (Lipinski definition) is 2. The van der Waals surface area contributed by atoms with Gasteiger partial charge in [-0.25, -0.2) is 0 Å². The lowest BCUT2D eigenvalue weighted by Crippen LogP contribution is -2.05. The van der Waals surface area contributed by atoms with Gasteiger partial charge in [0.2, 0.25) is 0 Å². The summed E-state index contributed by atoms with van der Waals surface area (Å²) in [7, 11) is 0. The molecule has 0 amide bonds. The van der Waals surface area contributed by atoms with E-state index in [1.165, 1.54) is 0 Å². The fraction of sp³-hybridized carbons (Fsp3) is 0.176. The second-order valence-corrected chi connectivity index (χ2v) is 5.05. The third-order valence-corrected chi connectivity index (χ3v) is 3.46. The van der Waals surface area contributed by atoms with Crippen LogP contribution in [-0.2, 0) is 0 Å². The van der Waals surface area contributed by atoms with E-state index in [4.69, 9.17) is 4.42 Å². The summed E-state index contributed by atoms with van der Waals surface area (Å²) in [6, 6.07) is 15.6. The van der Waals surface area contributed by atoms with Crippen molar-refractivity contribution >= 4 is 16.7 Å². The first kappa shape index (κ1) is 12.6. The molecule has 20 heavy (non-hydrogen) atoms. The van der Waals surface area contributed by atoms with Gasteiger partial charge in [0.25, 0.3) is 0 Å². The van der Waals surface area contributed by atoms with Crippen LogP contribution in [0.4, 0.5) is 5.69 Å². The van der Waals surface area contributed by atoms with E-state index in [0.29, 0.717) is 5.75 Å². The Balaban J connectivity index is 1.84. The van der Waals surface area contributed by atoms with E-state index in [9.17, 15) is 5.11 Å². The quantitative estimate of drug-likeness (QED) is 0.727. The number of phenolic OH excluding ortho intramolecular Hbond substituents is 1. The Labute approximate surface area is 117 Å². The normalized spacial score (nSPS) is 12.5. The molecule has 102 valence electrons. The molecule has 3 nitrogen and oxygen atoms in total. The van der Waals surface area contributed by atoms with Crippen LogP contribution in [0.2, 0.25) is 0 Å². The van der Waals surface area contributed by atoms with Crippen molar-refractivity contribution in [3.8, 4) is 5.75 Å². The molecule has 3 rings (SSSR count). The number of benzene rings is 2. The zero-order valence-corrected chi connectivity index (χ0v) is 11.6. The van der Waals surface area contributed by atoms with Gasteiger partial charge in [-0.2, -0.15) is 0 Å². The van der Waals surface area contributed by atoms with Crippen molar-refractivity contribution in [2.75, 3.05) is 5.32 Å². The number of hydrogen-bond acceptors (Lipinski definition) is 3. The van der Waals surface area contributed by atoms with Gasteiger partial charge in [-0.05, 0) is 37.6 Å². The van der Waals surface area contributed by atoms with Gasteiger partial charge in [-0.15, -0.1) is 0 Å². The molecule has 2 aromatic carbocycles. The fourth-order valence-corrected chi connectivity index (χ4v) is 2.24. The molecule has 1 heterocycles. The predicted octanol–water partition coefficient (Wildman–Crippen LogP) is 4.62. The third kappa shape index (κ3) is 2.35. The maximum absolute atomic E-state index is 9.73. The zero-order chi connectivity index (χ0) is 14.1. The Morgan fingerprint density at radius 3 is 2.65 bits per heavy atom. The minimum atomic E-state index is 0.0320. The number of anilines is 1. The number of nitrogens with one attached hydrogen (secondary N) is 1. The monoisotopic (exact) mass is 267 g/mol. The third-order valence-electron chi connectivity index (χ3n) is 3.46. The van der Waals surface area contributed by atoms with Gasteiger partial charge in [0.15, 0.2) is 0 Å². The van der Waals surface area contributed by atoms with E-state index in [1.54, 1.807) is 6.07 Å². The summed E-state index contributed by atoms with van der Waals surface area (Å²) in [5, 5.41) is 14.2. The molecular formula is C17H17NO2. The Bertz CT molecular complexity index is 713. The Morgan fingerprint density at radius 1 is 1.10 bits per heavy atom. The molecule has 0 aliphatic heterocycles. The highest BCUT2D eigenvalue weighted by molar-refractivity contribution is 5.77. The van der Waals surface area contributed by atoms with Crippen LogP contribution in [0.15, 0.2) is 52.9 Å². The molecule has 1 unspecified atom stereocenters. The van der Waals surface area contributed by atoms with E-state index in [1.807, 2.05) is 56.3 Å². The first-order valence-corrected chi connectivity index (χ1v) is 6.68. The molecule has 0 aliphatic rings. The smallest absolute Gasteiger partial charge is 0.134 e. The molecule has 0 spiro atoms. The van der Waals surface area contributed by atoms with E-state index >= 15 is 0 Å². The van der Waals surface area contributed by atoms with Crippen molar-refractivity contribution in [3.05, 3.63) is 59.9 Å². The van der Waals surface area contributed by atoms with Crippen molar-refractivity contribution in [2.45, 2.75) is 19.9 Å². The van der Waals surface area contributed by atoms with Crippen molar-refractivity contribution in [1.29, 1.82) is 0 Å². The summed E-state index contributed by atoms with van der Waals surface area (Å²) in [6.45, 7) is 3.91. The lowest BCUT2D eigenvalue weighted by atomic mass is 10.1. The summed E-state index contributed by atoms with van der Waals surface area (Å²) in [6.07, 6.45) is 0. The maximum Gasteiger partial charge on any atom is 0.134 e. The van der Waals surface area contributed by atoms with Gasteiger partial charge in [-0.1, -0.05) is 24.3 Å². The van der Waals surface area contributed by atoms with Crippen molar-refractivity contribution in [2.24, 2.45) is 0 Å². The molecule has 1 atom stereocenters. The number of fused-ring (bicyclic) bond motifs is 1. The maximum atomic E-state index is 9.73. The minimum absolute atomic E-state index is 0.0320. The SMILES string of the molecule is Cc1ccc(NC(C)c2cc3ccccc3o2)cc1O. The van der Waals surface area contributed by atoms with Crippen LogP contribution in [0.5, 0.6) is 5.75 Å². The highest BCUT2D eigenvalue weighted by Crippen LogP contribution is 2.28. The number of para-hydroxylation sites is 1. The first-order chi connectivity index (χ1) is 9.63. The van der Waals surface area contributed by atoms with Gasteiger partial charge in [-0.3, -0.25) is 0 Å². The van der Waals surface area contributed by atoms with Gasteiger partial charge >= 0.3 is 0 Å². The molecule has 0 fully saturated rings. The van der Waals surface area contributed by atoms with Crippen molar-refractivity contribution in [1.82, 2.24) is 0 Å².